The Labute approximate surface area is 123 Å². The number of hydrogen-bond donors (Lipinski definition) is 0. The summed E-state index contributed by atoms with van der Waals surface area (Å²) in [7, 11) is 0. The van der Waals surface area contributed by atoms with Crippen LogP contribution < -0.4 is 0 Å². The minimum absolute atomic E-state index is 0.237. The van der Waals surface area contributed by atoms with E-state index in [1.165, 1.54) is 5.56 Å². The number of rotatable bonds is 2. The molecule has 3 rings (SSSR count). The molecule has 1 amide bonds. The van der Waals surface area contributed by atoms with Gasteiger partial charge in [0.05, 0.1) is 0 Å². The lowest BCUT2D eigenvalue weighted by Crippen LogP contribution is -2.44. The molecule has 3 heteroatoms. The molecule has 0 aromatic heterocycles. The summed E-state index contributed by atoms with van der Waals surface area (Å²) in [5, 5.41) is 0. The number of amides is 1. The van der Waals surface area contributed by atoms with Crippen LogP contribution in [0.1, 0.15) is 31.2 Å². The fourth-order valence-electron chi connectivity index (χ4n) is 3.09. The molecule has 2 aliphatic rings. The maximum absolute atomic E-state index is 12.5. The monoisotopic (exact) mass is 321 g/mol. The molecule has 4 unspecified atom stereocenters. The fraction of sp³-hybridized carbons (Fsp3) is 0.562. The van der Waals surface area contributed by atoms with Gasteiger partial charge in [0.1, 0.15) is 0 Å². The zero-order valence-electron chi connectivity index (χ0n) is 11.3. The molecule has 1 saturated carbocycles. The van der Waals surface area contributed by atoms with Crippen LogP contribution in [0.3, 0.4) is 0 Å². The Hall–Kier alpha value is -0.830. The summed E-state index contributed by atoms with van der Waals surface area (Å²) in [4.78, 5) is 15.2. The van der Waals surface area contributed by atoms with Crippen LogP contribution >= 0.6 is 15.9 Å². The van der Waals surface area contributed by atoms with E-state index in [0.717, 1.165) is 25.9 Å². The highest BCUT2D eigenvalue weighted by atomic mass is 79.9. The van der Waals surface area contributed by atoms with E-state index in [2.05, 4.69) is 52.0 Å². The molecule has 2 fully saturated rings. The predicted molar refractivity (Wildman–Crippen MR) is 80.4 cm³/mol. The Morgan fingerprint density at radius 1 is 1.32 bits per heavy atom. The van der Waals surface area contributed by atoms with E-state index in [0.29, 0.717) is 22.6 Å². The van der Waals surface area contributed by atoms with E-state index >= 15 is 0 Å². The molecule has 1 aliphatic heterocycles. The molecule has 0 spiro atoms. The number of halogens is 1. The van der Waals surface area contributed by atoms with Crippen molar-refractivity contribution in [3.8, 4) is 0 Å². The van der Waals surface area contributed by atoms with Crippen molar-refractivity contribution in [2.24, 2.45) is 11.8 Å². The normalized spacial score (nSPS) is 34.1. The third-order valence-corrected chi connectivity index (χ3v) is 5.81. The number of hydrogen-bond acceptors (Lipinski definition) is 1. The van der Waals surface area contributed by atoms with Gasteiger partial charge in [-0.15, -0.1) is 0 Å². The van der Waals surface area contributed by atoms with E-state index in [1.54, 1.807) is 0 Å². The molecule has 1 saturated heterocycles. The second kappa shape index (κ2) is 5.28. The lowest BCUT2D eigenvalue weighted by atomic mass is 9.99. The second-order valence-electron chi connectivity index (χ2n) is 5.93. The summed E-state index contributed by atoms with van der Waals surface area (Å²) in [6, 6.07) is 10.4. The van der Waals surface area contributed by atoms with Crippen molar-refractivity contribution in [1.29, 1.82) is 0 Å². The van der Waals surface area contributed by atoms with E-state index in [4.69, 9.17) is 0 Å². The van der Waals surface area contributed by atoms with Gasteiger partial charge >= 0.3 is 0 Å². The van der Waals surface area contributed by atoms with Crippen LogP contribution in [-0.4, -0.2) is 28.7 Å². The van der Waals surface area contributed by atoms with Crippen LogP contribution in [0.25, 0.3) is 0 Å². The van der Waals surface area contributed by atoms with Crippen LogP contribution in [0, 0.1) is 11.8 Å². The van der Waals surface area contributed by atoms with Gasteiger partial charge in [0.25, 0.3) is 0 Å². The SMILES string of the molecule is CC1CN(C(=O)C2CC2c2ccccc2)CCC1Br. The molecule has 1 aromatic carbocycles. The second-order valence-corrected chi connectivity index (χ2v) is 7.10. The first kappa shape index (κ1) is 13.2. The summed E-state index contributed by atoms with van der Waals surface area (Å²) in [5.74, 6) is 1.64. The molecule has 4 atom stereocenters. The Morgan fingerprint density at radius 2 is 2.05 bits per heavy atom. The first-order chi connectivity index (χ1) is 9.16. The maximum atomic E-state index is 12.5. The molecule has 1 heterocycles. The summed E-state index contributed by atoms with van der Waals surface area (Å²) in [5.41, 5.74) is 1.32. The highest BCUT2D eigenvalue weighted by Crippen LogP contribution is 2.48. The van der Waals surface area contributed by atoms with Gasteiger partial charge in [-0.1, -0.05) is 53.2 Å². The zero-order valence-corrected chi connectivity index (χ0v) is 12.8. The summed E-state index contributed by atoms with van der Waals surface area (Å²) in [6.45, 7) is 4.05. The van der Waals surface area contributed by atoms with Crippen molar-refractivity contribution in [3.63, 3.8) is 0 Å². The topological polar surface area (TPSA) is 20.3 Å². The average Bonchev–Trinajstić information content (AvgIpc) is 3.22. The van der Waals surface area contributed by atoms with E-state index < -0.39 is 0 Å². The summed E-state index contributed by atoms with van der Waals surface area (Å²) >= 11 is 3.69. The fourth-order valence-corrected chi connectivity index (χ4v) is 3.46. The first-order valence-electron chi connectivity index (χ1n) is 7.14. The van der Waals surface area contributed by atoms with E-state index in [-0.39, 0.29) is 5.92 Å². The first-order valence-corrected chi connectivity index (χ1v) is 8.06. The number of likely N-dealkylation sites (tertiary alicyclic amines) is 1. The van der Waals surface area contributed by atoms with Crippen LogP contribution in [0.4, 0.5) is 0 Å². The highest BCUT2D eigenvalue weighted by Gasteiger charge is 2.46. The molecular formula is C16H20BrNO. The van der Waals surface area contributed by atoms with Crippen molar-refractivity contribution >= 4 is 21.8 Å². The molecule has 2 nitrogen and oxygen atoms in total. The van der Waals surface area contributed by atoms with Gasteiger partial charge in [0.2, 0.25) is 5.91 Å². The Balaban J connectivity index is 1.61. The van der Waals surface area contributed by atoms with Crippen molar-refractivity contribution in [3.05, 3.63) is 35.9 Å². The zero-order chi connectivity index (χ0) is 13.4. The number of piperidine rings is 1. The van der Waals surface area contributed by atoms with Crippen LogP contribution in [0.5, 0.6) is 0 Å². The molecule has 0 radical (unpaired) electrons. The number of carbonyl (C=O) groups is 1. The summed E-state index contributed by atoms with van der Waals surface area (Å²) in [6.07, 6.45) is 2.11. The molecule has 1 aromatic rings. The quantitative estimate of drug-likeness (QED) is 0.764. The molecule has 0 N–H and O–H groups in total. The van der Waals surface area contributed by atoms with Gasteiger partial charge in [-0.25, -0.2) is 0 Å². The van der Waals surface area contributed by atoms with E-state index in [9.17, 15) is 4.79 Å². The number of nitrogens with zero attached hydrogens (tertiary/aromatic N) is 1. The van der Waals surface area contributed by atoms with Crippen LogP contribution in [-0.2, 0) is 4.79 Å². The number of alkyl halides is 1. The number of carbonyl (C=O) groups excluding carboxylic acids is 1. The molecule has 1 aliphatic carbocycles. The molecule has 102 valence electrons. The maximum Gasteiger partial charge on any atom is 0.226 e. The standard InChI is InChI=1S/C16H20BrNO/c1-11-10-18(8-7-15(11)17)16(19)14-9-13(14)12-5-3-2-4-6-12/h2-6,11,13-15H,7-10H2,1H3. The molecular weight excluding hydrogens is 302 g/mol. The van der Waals surface area contributed by atoms with Crippen molar-refractivity contribution in [2.45, 2.75) is 30.5 Å². The molecule has 0 bridgehead atoms. The average molecular weight is 322 g/mol. The number of benzene rings is 1. The van der Waals surface area contributed by atoms with Crippen LogP contribution in [0.2, 0.25) is 0 Å². The predicted octanol–water partition coefficient (Wildman–Crippen LogP) is 3.42. The Bertz CT molecular complexity index is 461. The van der Waals surface area contributed by atoms with Crippen molar-refractivity contribution in [1.82, 2.24) is 4.90 Å². The molecule has 19 heavy (non-hydrogen) atoms. The summed E-state index contributed by atoms with van der Waals surface area (Å²) < 4.78 is 0. The van der Waals surface area contributed by atoms with Gasteiger partial charge in [-0.05, 0) is 30.2 Å². The van der Waals surface area contributed by atoms with Gasteiger partial charge in [-0.3, -0.25) is 4.79 Å². The third-order valence-electron chi connectivity index (χ3n) is 4.45. The van der Waals surface area contributed by atoms with Gasteiger partial charge in [0, 0.05) is 23.8 Å². The van der Waals surface area contributed by atoms with Crippen LogP contribution in [0.15, 0.2) is 30.3 Å². The van der Waals surface area contributed by atoms with Gasteiger partial charge in [0.15, 0.2) is 0 Å². The third kappa shape index (κ3) is 2.71. The van der Waals surface area contributed by atoms with E-state index in [1.807, 2.05) is 6.07 Å². The van der Waals surface area contributed by atoms with Crippen molar-refractivity contribution < 1.29 is 4.79 Å². The Kier molecular flexibility index (Phi) is 3.66. The lowest BCUT2D eigenvalue weighted by Gasteiger charge is -2.34. The highest BCUT2D eigenvalue weighted by molar-refractivity contribution is 9.09. The minimum atomic E-state index is 0.237. The van der Waals surface area contributed by atoms with Crippen molar-refractivity contribution in [2.75, 3.05) is 13.1 Å². The smallest absolute Gasteiger partial charge is 0.226 e. The largest absolute Gasteiger partial charge is 0.342 e. The van der Waals surface area contributed by atoms with Gasteiger partial charge in [-0.2, -0.15) is 0 Å². The van der Waals surface area contributed by atoms with Gasteiger partial charge < -0.3 is 4.90 Å². The lowest BCUT2D eigenvalue weighted by molar-refractivity contribution is -0.134. The Morgan fingerprint density at radius 3 is 2.74 bits per heavy atom. The minimum Gasteiger partial charge on any atom is -0.342 e.